The summed E-state index contributed by atoms with van der Waals surface area (Å²) < 4.78 is 16.4. The van der Waals surface area contributed by atoms with E-state index in [2.05, 4.69) is 14.7 Å². The minimum Gasteiger partial charge on any atom is -0.431 e. The number of hydrogen-bond donors (Lipinski definition) is 0. The number of benzene rings is 1. The maximum Gasteiger partial charge on any atom is 0.319 e. The number of alkyl halides is 1. The molecule has 2 aromatic rings. The minimum absolute atomic E-state index is 0.0746. The van der Waals surface area contributed by atoms with Crippen LogP contribution in [0.15, 0.2) is 24.4 Å². The van der Waals surface area contributed by atoms with E-state index in [1.54, 1.807) is 6.20 Å². The van der Waals surface area contributed by atoms with Gasteiger partial charge < -0.3 is 4.74 Å². The van der Waals surface area contributed by atoms with Crippen molar-refractivity contribution in [2.24, 2.45) is 0 Å². The van der Waals surface area contributed by atoms with E-state index in [4.69, 9.17) is 0 Å². The lowest BCUT2D eigenvalue weighted by molar-refractivity contribution is 0.178. The quantitative estimate of drug-likeness (QED) is 0.731. The number of nitrogens with zero attached hydrogens (tertiary/aromatic N) is 2. The maximum atomic E-state index is 11.9. The molecule has 1 aromatic carbocycles. The summed E-state index contributed by atoms with van der Waals surface area (Å²) in [5.74, 6) is 0. The smallest absolute Gasteiger partial charge is 0.319 e. The molecule has 0 aliphatic carbocycles. The summed E-state index contributed by atoms with van der Waals surface area (Å²) in [7, 11) is 0. The number of rotatable bonds is 2. The Bertz CT molecular complexity index is 459. The normalized spacial score (nSPS) is 10.4. The molecule has 0 spiro atoms. The highest BCUT2D eigenvalue weighted by Gasteiger charge is 2.00. The van der Waals surface area contributed by atoms with Gasteiger partial charge in [-0.1, -0.05) is 12.1 Å². The largest absolute Gasteiger partial charge is 0.431 e. The average molecular weight is 192 g/mol. The molecule has 0 atom stereocenters. The third kappa shape index (κ3) is 1.64. The van der Waals surface area contributed by atoms with Crippen LogP contribution in [0.4, 0.5) is 4.39 Å². The summed E-state index contributed by atoms with van der Waals surface area (Å²) in [6.07, 6.45) is 1.62. The second-order valence-corrected chi connectivity index (χ2v) is 2.97. The van der Waals surface area contributed by atoms with Crippen LogP contribution in [0.1, 0.15) is 5.56 Å². The topological polar surface area (TPSA) is 35.0 Å². The second kappa shape index (κ2) is 3.57. The van der Waals surface area contributed by atoms with Gasteiger partial charge in [-0.05, 0) is 18.6 Å². The van der Waals surface area contributed by atoms with Crippen molar-refractivity contribution in [1.82, 2.24) is 9.97 Å². The van der Waals surface area contributed by atoms with Crippen LogP contribution in [0.5, 0.6) is 6.01 Å². The van der Waals surface area contributed by atoms with E-state index in [1.807, 2.05) is 25.1 Å². The Balaban J connectivity index is 2.52. The summed E-state index contributed by atoms with van der Waals surface area (Å²) in [6.45, 7) is 1.06. The number of aromatic nitrogens is 2. The Labute approximate surface area is 80.6 Å². The molecule has 0 fully saturated rings. The molecule has 0 N–H and O–H groups in total. The van der Waals surface area contributed by atoms with E-state index in [1.165, 1.54) is 0 Å². The monoisotopic (exact) mass is 192 g/mol. The van der Waals surface area contributed by atoms with Crippen molar-refractivity contribution in [3.05, 3.63) is 30.0 Å². The van der Waals surface area contributed by atoms with Crippen LogP contribution in [0.3, 0.4) is 0 Å². The Morgan fingerprint density at radius 1 is 1.43 bits per heavy atom. The zero-order valence-electron chi connectivity index (χ0n) is 7.70. The van der Waals surface area contributed by atoms with Crippen LogP contribution in [0.25, 0.3) is 10.9 Å². The molecule has 0 saturated heterocycles. The molecule has 1 aromatic heterocycles. The maximum absolute atomic E-state index is 11.9. The number of aryl methyl sites for hydroxylation is 1. The number of halogens is 1. The van der Waals surface area contributed by atoms with Crippen molar-refractivity contribution in [1.29, 1.82) is 0 Å². The molecule has 1 heterocycles. The molecule has 4 heteroatoms. The van der Waals surface area contributed by atoms with Crippen molar-refractivity contribution >= 4 is 10.9 Å². The molecule has 0 aliphatic rings. The first kappa shape index (κ1) is 8.87. The van der Waals surface area contributed by atoms with Gasteiger partial charge in [-0.25, -0.2) is 9.37 Å². The molecule has 0 aliphatic heterocycles. The van der Waals surface area contributed by atoms with Crippen molar-refractivity contribution in [3.8, 4) is 6.01 Å². The van der Waals surface area contributed by atoms with Gasteiger partial charge >= 0.3 is 6.01 Å². The fourth-order valence-electron chi connectivity index (χ4n) is 1.23. The highest BCUT2D eigenvalue weighted by Crippen LogP contribution is 2.15. The van der Waals surface area contributed by atoms with Crippen molar-refractivity contribution in [2.75, 3.05) is 6.86 Å². The van der Waals surface area contributed by atoms with Crippen LogP contribution in [0, 0.1) is 6.92 Å². The Morgan fingerprint density at radius 2 is 2.29 bits per heavy atom. The third-order valence-electron chi connectivity index (χ3n) is 1.90. The van der Waals surface area contributed by atoms with Gasteiger partial charge in [0, 0.05) is 11.6 Å². The van der Waals surface area contributed by atoms with Gasteiger partial charge in [-0.3, -0.25) is 0 Å². The fourth-order valence-corrected chi connectivity index (χ4v) is 1.23. The zero-order chi connectivity index (χ0) is 9.97. The molecule has 14 heavy (non-hydrogen) atoms. The number of hydrogen-bond acceptors (Lipinski definition) is 3. The first-order valence-electron chi connectivity index (χ1n) is 4.22. The lowest BCUT2D eigenvalue weighted by atomic mass is 10.2. The SMILES string of the molecule is Cc1ccc2cnc(OCF)nc2c1. The molecule has 0 radical (unpaired) electrons. The molecule has 0 bridgehead atoms. The van der Waals surface area contributed by atoms with Gasteiger partial charge in [0.05, 0.1) is 5.52 Å². The Kier molecular flexibility index (Phi) is 2.26. The van der Waals surface area contributed by atoms with Gasteiger partial charge in [-0.15, -0.1) is 0 Å². The highest BCUT2D eigenvalue weighted by molar-refractivity contribution is 5.78. The fraction of sp³-hybridized carbons (Fsp3) is 0.200. The van der Waals surface area contributed by atoms with Crippen molar-refractivity contribution < 1.29 is 9.13 Å². The van der Waals surface area contributed by atoms with Crippen LogP contribution < -0.4 is 4.74 Å². The molecule has 0 amide bonds. The molecular weight excluding hydrogens is 183 g/mol. The van der Waals surface area contributed by atoms with Gasteiger partial charge in [0.2, 0.25) is 6.86 Å². The van der Waals surface area contributed by atoms with E-state index >= 15 is 0 Å². The van der Waals surface area contributed by atoms with Gasteiger partial charge in [-0.2, -0.15) is 4.98 Å². The van der Waals surface area contributed by atoms with Crippen molar-refractivity contribution in [3.63, 3.8) is 0 Å². The molecule has 72 valence electrons. The lowest BCUT2D eigenvalue weighted by Gasteiger charge is -2.01. The predicted octanol–water partition coefficient (Wildman–Crippen LogP) is 2.24. The van der Waals surface area contributed by atoms with Gasteiger partial charge in [0.1, 0.15) is 0 Å². The highest BCUT2D eigenvalue weighted by atomic mass is 19.1. The predicted molar refractivity (Wildman–Crippen MR) is 50.9 cm³/mol. The summed E-state index contributed by atoms with van der Waals surface area (Å²) in [5.41, 5.74) is 1.87. The molecule has 0 saturated carbocycles. The van der Waals surface area contributed by atoms with Crippen molar-refractivity contribution in [2.45, 2.75) is 6.92 Å². The van der Waals surface area contributed by atoms with E-state index in [0.29, 0.717) is 0 Å². The minimum atomic E-state index is -0.905. The van der Waals surface area contributed by atoms with E-state index in [0.717, 1.165) is 16.5 Å². The summed E-state index contributed by atoms with van der Waals surface area (Å²) >= 11 is 0. The number of ether oxygens (including phenoxy) is 1. The third-order valence-corrected chi connectivity index (χ3v) is 1.90. The second-order valence-electron chi connectivity index (χ2n) is 2.97. The zero-order valence-corrected chi connectivity index (χ0v) is 7.70. The van der Waals surface area contributed by atoms with Crippen LogP contribution >= 0.6 is 0 Å². The first-order chi connectivity index (χ1) is 6.79. The summed E-state index contributed by atoms with van der Waals surface area (Å²) in [4.78, 5) is 7.91. The lowest BCUT2D eigenvalue weighted by Crippen LogP contribution is -1.96. The standard InChI is InChI=1S/C10H9FN2O/c1-7-2-3-8-5-12-10(14-6-11)13-9(8)4-7/h2-5H,6H2,1H3. The molecule has 2 rings (SSSR count). The summed E-state index contributed by atoms with van der Waals surface area (Å²) in [6, 6.07) is 5.87. The molecule has 3 nitrogen and oxygen atoms in total. The van der Waals surface area contributed by atoms with Crippen LogP contribution in [-0.2, 0) is 0 Å². The van der Waals surface area contributed by atoms with E-state index in [-0.39, 0.29) is 6.01 Å². The Morgan fingerprint density at radius 3 is 3.07 bits per heavy atom. The Hall–Kier alpha value is -1.71. The van der Waals surface area contributed by atoms with Crippen LogP contribution in [-0.4, -0.2) is 16.8 Å². The van der Waals surface area contributed by atoms with Gasteiger partial charge in [0.25, 0.3) is 0 Å². The average Bonchev–Trinajstić information content (AvgIpc) is 2.17. The van der Waals surface area contributed by atoms with E-state index in [9.17, 15) is 4.39 Å². The summed E-state index contributed by atoms with van der Waals surface area (Å²) in [5, 5.41) is 0.918. The van der Waals surface area contributed by atoms with Crippen LogP contribution in [0.2, 0.25) is 0 Å². The van der Waals surface area contributed by atoms with Gasteiger partial charge in [0.15, 0.2) is 0 Å². The number of fused-ring (bicyclic) bond motifs is 1. The molecule has 0 unspecified atom stereocenters. The molecular formula is C10H9FN2O. The van der Waals surface area contributed by atoms with E-state index < -0.39 is 6.86 Å². The first-order valence-corrected chi connectivity index (χ1v) is 4.22.